The van der Waals surface area contributed by atoms with E-state index in [0.717, 1.165) is 31.4 Å². The smallest absolute Gasteiger partial charge is 0.0815 e. The highest BCUT2D eigenvalue weighted by molar-refractivity contribution is 7.99. The van der Waals surface area contributed by atoms with Crippen LogP contribution >= 0.6 is 11.8 Å². The van der Waals surface area contributed by atoms with Crippen LogP contribution in [0, 0.1) is 5.41 Å². The highest BCUT2D eigenvalue weighted by atomic mass is 32.2. The van der Waals surface area contributed by atoms with Gasteiger partial charge in [0.1, 0.15) is 0 Å². The topological polar surface area (TPSA) is 40.5 Å². The predicted octanol–water partition coefficient (Wildman–Crippen LogP) is 1.80. The Morgan fingerprint density at radius 2 is 1.79 bits per heavy atom. The summed E-state index contributed by atoms with van der Waals surface area (Å²) in [6.45, 7) is 0.171. The van der Waals surface area contributed by atoms with Crippen LogP contribution in [0.15, 0.2) is 0 Å². The second kappa shape index (κ2) is 4.03. The van der Waals surface area contributed by atoms with Crippen molar-refractivity contribution in [1.29, 1.82) is 0 Å². The van der Waals surface area contributed by atoms with Crippen LogP contribution in [0.25, 0.3) is 0 Å². The Morgan fingerprint density at radius 1 is 1.07 bits per heavy atom. The predicted molar refractivity (Wildman–Crippen MR) is 59.5 cm³/mol. The van der Waals surface area contributed by atoms with Gasteiger partial charge in [-0.05, 0) is 31.4 Å². The van der Waals surface area contributed by atoms with Crippen molar-refractivity contribution in [2.75, 3.05) is 18.1 Å². The standard InChI is InChI=1S/C11H20O2S/c12-8-10(4-1-2-5-10)11(13)6-3-7-14-9-11/h12-13H,1-9H2. The lowest BCUT2D eigenvalue weighted by molar-refractivity contribution is -0.0971. The van der Waals surface area contributed by atoms with Crippen molar-refractivity contribution < 1.29 is 10.2 Å². The molecule has 0 aromatic carbocycles. The molecule has 0 spiro atoms. The quantitative estimate of drug-likeness (QED) is 0.739. The molecule has 0 aromatic rings. The minimum atomic E-state index is -0.582. The third-order valence-corrected chi connectivity index (χ3v) is 5.33. The van der Waals surface area contributed by atoms with Gasteiger partial charge in [-0.25, -0.2) is 0 Å². The summed E-state index contributed by atoms with van der Waals surface area (Å²) in [4.78, 5) is 0. The van der Waals surface area contributed by atoms with Gasteiger partial charge in [0.25, 0.3) is 0 Å². The van der Waals surface area contributed by atoms with Gasteiger partial charge in [0, 0.05) is 11.2 Å². The molecule has 1 saturated carbocycles. The number of rotatable bonds is 2. The van der Waals surface area contributed by atoms with Crippen LogP contribution in [0.3, 0.4) is 0 Å². The van der Waals surface area contributed by atoms with E-state index in [4.69, 9.17) is 0 Å². The summed E-state index contributed by atoms with van der Waals surface area (Å²) in [6, 6.07) is 0. The third kappa shape index (κ3) is 1.59. The zero-order valence-electron chi connectivity index (χ0n) is 8.67. The Hall–Kier alpha value is 0.270. The molecule has 1 aliphatic heterocycles. The molecule has 82 valence electrons. The Labute approximate surface area is 90.1 Å². The van der Waals surface area contributed by atoms with E-state index in [1.807, 2.05) is 11.8 Å². The van der Waals surface area contributed by atoms with Crippen molar-refractivity contribution >= 4 is 11.8 Å². The van der Waals surface area contributed by atoms with Gasteiger partial charge in [0.15, 0.2) is 0 Å². The van der Waals surface area contributed by atoms with Crippen LogP contribution in [0.2, 0.25) is 0 Å². The minimum absolute atomic E-state index is 0.166. The van der Waals surface area contributed by atoms with Gasteiger partial charge in [-0.1, -0.05) is 12.8 Å². The molecule has 2 nitrogen and oxygen atoms in total. The number of aliphatic hydroxyl groups excluding tert-OH is 1. The molecule has 1 saturated heterocycles. The largest absolute Gasteiger partial charge is 0.396 e. The molecular weight excluding hydrogens is 196 g/mol. The van der Waals surface area contributed by atoms with Crippen LogP contribution < -0.4 is 0 Å². The Kier molecular flexibility index (Phi) is 3.10. The maximum absolute atomic E-state index is 10.6. The molecule has 2 aliphatic rings. The van der Waals surface area contributed by atoms with Crippen molar-refractivity contribution in [1.82, 2.24) is 0 Å². The fourth-order valence-corrected chi connectivity index (χ4v) is 4.30. The first-order chi connectivity index (χ1) is 6.72. The second-order valence-electron chi connectivity index (χ2n) is 4.83. The molecule has 1 atom stereocenters. The zero-order chi connectivity index (χ0) is 10.1. The molecular formula is C11H20O2S. The number of thioether (sulfide) groups is 1. The van der Waals surface area contributed by atoms with E-state index in [1.165, 1.54) is 18.6 Å². The fraction of sp³-hybridized carbons (Fsp3) is 1.00. The summed E-state index contributed by atoms with van der Waals surface area (Å²) in [6.07, 6.45) is 6.37. The average molecular weight is 216 g/mol. The molecule has 0 amide bonds. The lowest BCUT2D eigenvalue weighted by Gasteiger charge is -2.46. The van der Waals surface area contributed by atoms with Crippen molar-refractivity contribution in [3.63, 3.8) is 0 Å². The summed E-state index contributed by atoms with van der Waals surface area (Å²) < 4.78 is 0. The highest BCUT2D eigenvalue weighted by Crippen LogP contribution is 2.50. The zero-order valence-corrected chi connectivity index (χ0v) is 9.48. The summed E-state index contributed by atoms with van der Waals surface area (Å²) in [5.74, 6) is 2.00. The molecule has 3 heteroatoms. The van der Waals surface area contributed by atoms with Crippen LogP contribution in [-0.2, 0) is 0 Å². The third-order valence-electron chi connectivity index (χ3n) is 4.07. The van der Waals surface area contributed by atoms with Gasteiger partial charge in [-0.3, -0.25) is 0 Å². The molecule has 2 N–H and O–H groups in total. The maximum Gasteiger partial charge on any atom is 0.0815 e. The molecule has 0 bridgehead atoms. The van der Waals surface area contributed by atoms with Gasteiger partial charge < -0.3 is 10.2 Å². The molecule has 0 aromatic heterocycles. The maximum atomic E-state index is 10.6. The van der Waals surface area contributed by atoms with E-state index in [9.17, 15) is 10.2 Å². The fourth-order valence-electron chi connectivity index (χ4n) is 3.02. The lowest BCUT2D eigenvalue weighted by Crippen LogP contribution is -2.52. The van der Waals surface area contributed by atoms with E-state index >= 15 is 0 Å². The first kappa shape index (κ1) is 10.8. The van der Waals surface area contributed by atoms with Gasteiger partial charge in [-0.2, -0.15) is 11.8 Å². The SMILES string of the molecule is OCC1(C2(O)CCCSC2)CCCC1. The summed E-state index contributed by atoms with van der Waals surface area (Å²) in [5.41, 5.74) is -0.748. The van der Waals surface area contributed by atoms with Crippen molar-refractivity contribution in [2.24, 2.45) is 5.41 Å². The normalized spacial score (nSPS) is 37.3. The number of aliphatic hydroxyl groups is 2. The van der Waals surface area contributed by atoms with E-state index < -0.39 is 5.60 Å². The second-order valence-corrected chi connectivity index (χ2v) is 5.94. The number of hydrogen-bond donors (Lipinski definition) is 2. The molecule has 14 heavy (non-hydrogen) atoms. The van der Waals surface area contributed by atoms with Crippen molar-refractivity contribution in [3.8, 4) is 0 Å². The molecule has 1 aliphatic carbocycles. The average Bonchev–Trinajstić information content (AvgIpc) is 2.68. The molecule has 1 heterocycles. The van der Waals surface area contributed by atoms with E-state index in [2.05, 4.69) is 0 Å². The van der Waals surface area contributed by atoms with Crippen molar-refractivity contribution in [2.45, 2.75) is 44.1 Å². The minimum Gasteiger partial charge on any atom is -0.396 e. The van der Waals surface area contributed by atoms with Gasteiger partial charge in [-0.15, -0.1) is 0 Å². The molecule has 0 radical (unpaired) electrons. The Balaban J connectivity index is 2.15. The number of hydrogen-bond acceptors (Lipinski definition) is 3. The van der Waals surface area contributed by atoms with Crippen LogP contribution in [0.4, 0.5) is 0 Å². The summed E-state index contributed by atoms with van der Waals surface area (Å²) >= 11 is 1.84. The Morgan fingerprint density at radius 3 is 2.29 bits per heavy atom. The van der Waals surface area contributed by atoms with Gasteiger partial charge in [0.2, 0.25) is 0 Å². The van der Waals surface area contributed by atoms with Crippen LogP contribution in [0.1, 0.15) is 38.5 Å². The first-order valence-corrected chi connectivity index (χ1v) is 6.79. The molecule has 2 fully saturated rings. The summed E-state index contributed by atoms with van der Waals surface area (Å²) in [5, 5.41) is 20.2. The van der Waals surface area contributed by atoms with Gasteiger partial charge in [0.05, 0.1) is 12.2 Å². The van der Waals surface area contributed by atoms with Gasteiger partial charge >= 0.3 is 0 Å². The molecule has 1 unspecified atom stereocenters. The Bertz CT molecular complexity index is 193. The first-order valence-electron chi connectivity index (χ1n) is 5.63. The summed E-state index contributed by atoms with van der Waals surface area (Å²) in [7, 11) is 0. The monoisotopic (exact) mass is 216 g/mol. The lowest BCUT2D eigenvalue weighted by atomic mass is 9.69. The van der Waals surface area contributed by atoms with Crippen LogP contribution in [0.5, 0.6) is 0 Å². The van der Waals surface area contributed by atoms with E-state index in [-0.39, 0.29) is 12.0 Å². The van der Waals surface area contributed by atoms with Crippen molar-refractivity contribution in [3.05, 3.63) is 0 Å². The van der Waals surface area contributed by atoms with E-state index in [1.54, 1.807) is 0 Å². The molecule has 2 rings (SSSR count). The van der Waals surface area contributed by atoms with E-state index in [0.29, 0.717) is 0 Å². The van der Waals surface area contributed by atoms with Crippen LogP contribution in [-0.4, -0.2) is 33.9 Å². The highest BCUT2D eigenvalue weighted by Gasteiger charge is 2.51.